The lowest BCUT2D eigenvalue weighted by molar-refractivity contribution is -0.154. The van der Waals surface area contributed by atoms with Crippen LogP contribution in [0.1, 0.15) is 37.5 Å². The fraction of sp³-hybridized carbons (Fsp3) is 0.258. The van der Waals surface area contributed by atoms with Crippen LogP contribution in [-0.2, 0) is 9.59 Å². The van der Waals surface area contributed by atoms with Crippen LogP contribution in [0.2, 0.25) is 10.0 Å². The highest BCUT2D eigenvalue weighted by Gasteiger charge is 2.67. The second kappa shape index (κ2) is 12.3. The lowest BCUT2D eigenvalue weighted by Gasteiger charge is -2.31. The van der Waals surface area contributed by atoms with Crippen molar-refractivity contribution in [3.05, 3.63) is 97.9 Å². The van der Waals surface area contributed by atoms with Gasteiger partial charge in [0, 0.05) is 24.7 Å². The van der Waals surface area contributed by atoms with Gasteiger partial charge in [0.25, 0.3) is 17.7 Å². The highest BCUT2D eigenvalue weighted by atomic mass is 79.9. The van der Waals surface area contributed by atoms with E-state index < -0.39 is 47.9 Å². The second-order valence-corrected chi connectivity index (χ2v) is 14.7. The van der Waals surface area contributed by atoms with Gasteiger partial charge < -0.3 is 4.74 Å². The van der Waals surface area contributed by atoms with Crippen LogP contribution in [0.3, 0.4) is 0 Å². The van der Waals surface area contributed by atoms with E-state index in [0.717, 1.165) is 14.5 Å². The summed E-state index contributed by atoms with van der Waals surface area (Å²) < 4.78 is 6.22. The molecule has 8 nitrogen and oxygen atoms in total. The molecule has 0 aromatic heterocycles. The first kappa shape index (κ1) is 31.4. The normalized spacial score (nSPS) is 25.2. The molecular formula is C31H21Br3Cl2N2O6. The molecule has 1 aliphatic heterocycles. The molecule has 3 aromatic rings. The van der Waals surface area contributed by atoms with Gasteiger partial charge in [-0.15, -0.1) is 0 Å². The number of Topliss-reactive ketones (excluding diaryl/α,β-unsaturated/α-hetero) is 1. The van der Waals surface area contributed by atoms with Gasteiger partial charge in [-0.25, -0.2) is 9.80 Å². The summed E-state index contributed by atoms with van der Waals surface area (Å²) in [6, 6.07) is 16.7. The van der Waals surface area contributed by atoms with Crippen LogP contribution in [0.15, 0.2) is 71.2 Å². The smallest absolute Gasteiger partial charge is 0.343 e. The fourth-order valence-corrected chi connectivity index (χ4v) is 8.92. The van der Waals surface area contributed by atoms with Gasteiger partial charge in [0.05, 0.1) is 28.0 Å². The number of imide groups is 1. The predicted molar refractivity (Wildman–Crippen MR) is 173 cm³/mol. The molecule has 6 atom stereocenters. The SMILES string of the molecule is O=C(CN(C(=O)c1ccc(Cl)cc1Cl)N1C(=O)[C@@H]2[C@H]3C[C@@H]([C@H](Br)[C@@H]3Br)[C@@H]2C1=O)c1ccc(OC(=O)c2ccc(Br)cc2)cc1. The standard InChI is InChI=1S/C31H21Br3Cl2N2O6/c32-16-5-1-15(2-6-16)31(43)44-18-8-3-14(4-9-18)23(39)13-37(28(40)19-10-7-17(35)11-22(19)36)38-29(41)24-20-12-21(25(24)30(38)42)27(34)26(20)33/h1-11,20-21,24-27H,12-13H2/t20-,21-,24-,25+,26-,27+/m1/s1. The number of hydrogen-bond acceptors (Lipinski definition) is 6. The third-order valence-corrected chi connectivity index (χ3v) is 12.6. The summed E-state index contributed by atoms with van der Waals surface area (Å²) in [6.07, 6.45) is 0.709. The van der Waals surface area contributed by atoms with Gasteiger partial charge >= 0.3 is 5.97 Å². The van der Waals surface area contributed by atoms with Crippen LogP contribution in [-0.4, -0.2) is 55.7 Å². The van der Waals surface area contributed by atoms with Crippen molar-refractivity contribution in [1.29, 1.82) is 0 Å². The molecule has 0 radical (unpaired) electrons. The van der Waals surface area contributed by atoms with E-state index in [0.29, 0.717) is 17.0 Å². The number of ether oxygens (including phenoxy) is 1. The van der Waals surface area contributed by atoms with Crippen LogP contribution in [0.4, 0.5) is 0 Å². The fourth-order valence-electron chi connectivity index (χ4n) is 6.29. The summed E-state index contributed by atoms with van der Waals surface area (Å²) in [5.74, 6) is -4.12. The maximum absolute atomic E-state index is 13.9. The van der Waals surface area contributed by atoms with E-state index in [1.165, 1.54) is 42.5 Å². The number of ketones is 1. The highest BCUT2D eigenvalue weighted by molar-refractivity contribution is 9.12. The van der Waals surface area contributed by atoms with Crippen molar-refractivity contribution < 1.29 is 28.7 Å². The highest BCUT2D eigenvalue weighted by Crippen LogP contribution is 2.60. The minimum atomic E-state index is -0.792. The topological polar surface area (TPSA) is 101 Å². The number of amides is 3. The van der Waals surface area contributed by atoms with Gasteiger partial charge in [0.1, 0.15) is 12.3 Å². The number of rotatable bonds is 7. The summed E-state index contributed by atoms with van der Waals surface area (Å²) in [5, 5.41) is 2.02. The number of alkyl halides is 2. The molecule has 3 aliphatic rings. The Kier molecular flexibility index (Phi) is 8.80. The first-order chi connectivity index (χ1) is 21.0. The molecule has 3 aromatic carbocycles. The molecule has 13 heteroatoms. The van der Waals surface area contributed by atoms with E-state index in [4.69, 9.17) is 27.9 Å². The summed E-state index contributed by atoms with van der Waals surface area (Å²) in [6.45, 7) is -0.614. The Labute approximate surface area is 287 Å². The molecule has 2 aliphatic carbocycles. The Hall–Kier alpha value is -2.57. The number of hydrazine groups is 1. The molecule has 6 rings (SSSR count). The van der Waals surface area contributed by atoms with Crippen molar-refractivity contribution in [3.63, 3.8) is 0 Å². The molecule has 2 bridgehead atoms. The molecule has 226 valence electrons. The van der Waals surface area contributed by atoms with Crippen molar-refractivity contribution >= 4 is 100 Å². The number of benzene rings is 3. The van der Waals surface area contributed by atoms with Crippen LogP contribution >= 0.6 is 71.0 Å². The van der Waals surface area contributed by atoms with Gasteiger partial charge in [-0.3, -0.25) is 19.2 Å². The lowest BCUT2D eigenvalue weighted by atomic mass is 9.81. The zero-order chi connectivity index (χ0) is 31.4. The molecule has 0 N–H and O–H groups in total. The van der Waals surface area contributed by atoms with Gasteiger partial charge in [0.2, 0.25) is 0 Å². The zero-order valence-electron chi connectivity index (χ0n) is 22.5. The third kappa shape index (κ3) is 5.55. The number of esters is 1. The van der Waals surface area contributed by atoms with Gasteiger partial charge in [-0.2, -0.15) is 5.01 Å². The monoisotopic (exact) mass is 824 g/mol. The maximum atomic E-state index is 13.9. The lowest BCUT2D eigenvalue weighted by Crippen LogP contribution is -2.52. The Morgan fingerprint density at radius 3 is 1.98 bits per heavy atom. The summed E-state index contributed by atoms with van der Waals surface area (Å²) >= 11 is 23.0. The molecule has 0 spiro atoms. The van der Waals surface area contributed by atoms with Crippen LogP contribution in [0.25, 0.3) is 0 Å². The molecule has 3 fully saturated rings. The van der Waals surface area contributed by atoms with Gasteiger partial charge in [-0.1, -0.05) is 71.0 Å². The molecule has 3 amide bonds. The van der Waals surface area contributed by atoms with Crippen molar-refractivity contribution in [2.24, 2.45) is 23.7 Å². The van der Waals surface area contributed by atoms with Crippen molar-refractivity contribution in [3.8, 4) is 5.75 Å². The number of carbonyl (C=O) groups excluding carboxylic acids is 5. The van der Waals surface area contributed by atoms with Crippen LogP contribution in [0.5, 0.6) is 5.75 Å². The molecule has 0 unspecified atom stereocenters. The largest absolute Gasteiger partial charge is 0.423 e. The Balaban J connectivity index is 1.26. The molecule has 44 heavy (non-hydrogen) atoms. The van der Waals surface area contributed by atoms with Crippen molar-refractivity contribution in [1.82, 2.24) is 10.0 Å². The Morgan fingerprint density at radius 2 is 1.41 bits per heavy atom. The molecular weight excluding hydrogens is 807 g/mol. The molecule has 1 saturated heterocycles. The number of nitrogens with zero attached hydrogens (tertiary/aromatic N) is 2. The summed E-state index contributed by atoms with van der Waals surface area (Å²) in [4.78, 5) is 67.6. The van der Waals surface area contributed by atoms with E-state index in [1.807, 2.05) is 0 Å². The van der Waals surface area contributed by atoms with Crippen LogP contribution in [0, 0.1) is 23.7 Å². The predicted octanol–water partition coefficient (Wildman–Crippen LogP) is 6.99. The zero-order valence-corrected chi connectivity index (χ0v) is 28.7. The molecule has 2 saturated carbocycles. The average Bonchev–Trinajstić information content (AvgIpc) is 3.61. The number of hydrogen-bond donors (Lipinski definition) is 0. The maximum Gasteiger partial charge on any atom is 0.343 e. The van der Waals surface area contributed by atoms with E-state index in [2.05, 4.69) is 47.8 Å². The average molecular weight is 828 g/mol. The minimum Gasteiger partial charge on any atom is -0.423 e. The number of carbonyl (C=O) groups is 5. The van der Waals surface area contributed by atoms with Gasteiger partial charge in [-0.05, 0) is 85.0 Å². The van der Waals surface area contributed by atoms with E-state index in [9.17, 15) is 24.0 Å². The van der Waals surface area contributed by atoms with E-state index in [-0.39, 0.29) is 43.4 Å². The van der Waals surface area contributed by atoms with E-state index >= 15 is 0 Å². The van der Waals surface area contributed by atoms with Gasteiger partial charge in [0.15, 0.2) is 5.78 Å². The number of halogens is 5. The molecule has 1 heterocycles. The quantitative estimate of drug-likeness (QED) is 0.0838. The first-order valence-electron chi connectivity index (χ1n) is 13.5. The first-order valence-corrected chi connectivity index (χ1v) is 16.9. The van der Waals surface area contributed by atoms with Crippen molar-refractivity contribution in [2.75, 3.05) is 6.54 Å². The van der Waals surface area contributed by atoms with E-state index in [1.54, 1.807) is 24.3 Å². The Bertz CT molecular complexity index is 1670. The number of fused-ring (bicyclic) bond motifs is 5. The minimum absolute atomic E-state index is 0.00155. The summed E-state index contributed by atoms with van der Waals surface area (Å²) in [5.41, 5.74) is 0.504. The summed E-state index contributed by atoms with van der Waals surface area (Å²) in [7, 11) is 0. The third-order valence-electron chi connectivity index (χ3n) is 8.36. The van der Waals surface area contributed by atoms with Crippen LogP contribution < -0.4 is 4.74 Å². The Morgan fingerprint density at radius 1 is 0.841 bits per heavy atom. The van der Waals surface area contributed by atoms with Crippen molar-refractivity contribution in [2.45, 2.75) is 16.1 Å². The second-order valence-electron chi connectivity index (χ2n) is 10.8.